The van der Waals surface area contributed by atoms with Gasteiger partial charge in [-0.3, -0.25) is 4.79 Å². The predicted octanol–water partition coefficient (Wildman–Crippen LogP) is 4.84. The monoisotopic (exact) mass is 646 g/mol. The Bertz CT molecular complexity index is 1640. The zero-order valence-electron chi connectivity index (χ0n) is 24.8. The number of benzene rings is 3. The molecule has 240 valence electrons. The van der Waals surface area contributed by atoms with E-state index in [1.54, 1.807) is 12.1 Å². The smallest absolute Gasteiger partial charge is 0.416 e. The molecule has 3 aromatic carbocycles. The number of ether oxygens (including phenoxy) is 1. The number of nitrogens with zero attached hydrogens (tertiary/aromatic N) is 2. The van der Waals surface area contributed by atoms with Crippen molar-refractivity contribution in [3.8, 4) is 0 Å². The second-order valence-corrected chi connectivity index (χ2v) is 12.6. The Kier molecular flexibility index (Phi) is 10.2. The highest BCUT2D eigenvalue weighted by molar-refractivity contribution is 7.89. The van der Waals surface area contributed by atoms with Crippen LogP contribution in [0.25, 0.3) is 0 Å². The first-order valence-corrected chi connectivity index (χ1v) is 15.4. The van der Waals surface area contributed by atoms with Crippen LogP contribution >= 0.6 is 0 Å². The van der Waals surface area contributed by atoms with Crippen LogP contribution in [0.2, 0.25) is 0 Å². The van der Waals surface area contributed by atoms with Crippen LogP contribution in [0.5, 0.6) is 0 Å². The molecule has 1 unspecified atom stereocenters. The van der Waals surface area contributed by atoms with Gasteiger partial charge in [-0.1, -0.05) is 44.2 Å². The van der Waals surface area contributed by atoms with Crippen molar-refractivity contribution in [3.63, 3.8) is 0 Å². The summed E-state index contributed by atoms with van der Waals surface area (Å²) in [4.78, 5) is 39.4. The maximum Gasteiger partial charge on any atom is 0.416 e. The lowest BCUT2D eigenvalue weighted by atomic mass is 10.0. The van der Waals surface area contributed by atoms with Gasteiger partial charge in [0.25, 0.3) is 0 Å². The van der Waals surface area contributed by atoms with Crippen molar-refractivity contribution >= 4 is 33.6 Å². The fraction of sp³-hybridized carbons (Fsp3) is 0.323. The molecule has 1 fully saturated rings. The van der Waals surface area contributed by atoms with Gasteiger partial charge in [-0.2, -0.15) is 17.5 Å². The molecule has 1 saturated heterocycles. The molecule has 0 spiro atoms. The topological polar surface area (TPSA) is 125 Å². The maximum absolute atomic E-state index is 13.6. The molecule has 45 heavy (non-hydrogen) atoms. The van der Waals surface area contributed by atoms with Gasteiger partial charge in [-0.25, -0.2) is 18.0 Å². The molecule has 0 bridgehead atoms. The average Bonchev–Trinajstić information content (AvgIpc) is 3.02. The number of nitrogens with one attached hydrogen (secondary N) is 2. The molecule has 1 aliphatic rings. The van der Waals surface area contributed by atoms with E-state index in [0.717, 1.165) is 27.6 Å². The van der Waals surface area contributed by atoms with Crippen LogP contribution in [-0.2, 0) is 32.3 Å². The third kappa shape index (κ3) is 8.00. The molecular formula is C31H33F3N4O6S. The number of esters is 1. The first-order valence-electron chi connectivity index (χ1n) is 14.0. The molecule has 0 saturated carbocycles. The number of urea groups is 1. The van der Waals surface area contributed by atoms with Gasteiger partial charge < -0.3 is 20.3 Å². The van der Waals surface area contributed by atoms with E-state index in [-0.39, 0.29) is 37.4 Å². The molecule has 1 aliphatic heterocycles. The van der Waals surface area contributed by atoms with Gasteiger partial charge >= 0.3 is 18.2 Å². The summed E-state index contributed by atoms with van der Waals surface area (Å²) < 4.78 is 72.2. The van der Waals surface area contributed by atoms with E-state index in [1.165, 1.54) is 24.1 Å². The summed E-state index contributed by atoms with van der Waals surface area (Å²) in [6.07, 6.45) is -4.66. The molecule has 1 atom stereocenters. The molecule has 10 nitrogen and oxygen atoms in total. The van der Waals surface area contributed by atoms with Crippen LogP contribution in [0.3, 0.4) is 0 Å². The number of carbonyl (C=O) groups is 3. The third-order valence-electron chi connectivity index (χ3n) is 7.36. The maximum atomic E-state index is 13.6. The SMILES string of the molecule is COC(=O)c1cccc(NC(=O)N2CCN(S(=O)(=O)c3ccc(C(F)(F)F)cc3)C(C(=O)NCc3ccc(C(C)C)cc3)C2)c1. The van der Waals surface area contributed by atoms with Gasteiger partial charge in [0.1, 0.15) is 6.04 Å². The number of alkyl halides is 3. The molecular weight excluding hydrogens is 613 g/mol. The summed E-state index contributed by atoms with van der Waals surface area (Å²) in [5.41, 5.74) is 1.32. The van der Waals surface area contributed by atoms with Crippen molar-refractivity contribution in [3.05, 3.63) is 95.1 Å². The van der Waals surface area contributed by atoms with E-state index in [2.05, 4.69) is 10.6 Å². The van der Waals surface area contributed by atoms with Crippen LogP contribution in [0.4, 0.5) is 23.7 Å². The second-order valence-electron chi connectivity index (χ2n) is 10.7. The van der Waals surface area contributed by atoms with Crippen molar-refractivity contribution in [2.24, 2.45) is 0 Å². The minimum atomic E-state index is -4.66. The van der Waals surface area contributed by atoms with Crippen LogP contribution in [-0.4, -0.2) is 68.3 Å². The largest absolute Gasteiger partial charge is 0.465 e. The minimum Gasteiger partial charge on any atom is -0.465 e. The average molecular weight is 647 g/mol. The Morgan fingerprint density at radius 1 is 0.978 bits per heavy atom. The van der Waals surface area contributed by atoms with Crippen molar-refractivity contribution in [2.45, 2.75) is 43.4 Å². The van der Waals surface area contributed by atoms with E-state index >= 15 is 0 Å². The molecule has 1 heterocycles. The van der Waals surface area contributed by atoms with Crippen LogP contribution in [0.15, 0.2) is 77.7 Å². The van der Waals surface area contributed by atoms with Gasteiger partial charge in [0.15, 0.2) is 0 Å². The summed E-state index contributed by atoms with van der Waals surface area (Å²) >= 11 is 0. The summed E-state index contributed by atoms with van der Waals surface area (Å²) in [6.45, 7) is 3.39. The van der Waals surface area contributed by atoms with E-state index in [0.29, 0.717) is 18.1 Å². The number of carbonyl (C=O) groups excluding carboxylic acids is 3. The molecule has 3 amide bonds. The Hall–Kier alpha value is -4.43. The normalized spacial score (nSPS) is 15.9. The van der Waals surface area contributed by atoms with Gasteiger partial charge in [-0.05, 0) is 59.5 Å². The van der Waals surface area contributed by atoms with E-state index in [1.807, 2.05) is 38.1 Å². The van der Waals surface area contributed by atoms with Gasteiger partial charge in [0.05, 0.1) is 23.1 Å². The molecule has 0 aromatic heterocycles. The van der Waals surface area contributed by atoms with E-state index in [4.69, 9.17) is 4.74 Å². The second kappa shape index (κ2) is 13.7. The summed E-state index contributed by atoms with van der Waals surface area (Å²) in [5, 5.41) is 5.37. The number of halogens is 3. The number of sulfonamides is 1. The Morgan fingerprint density at radius 2 is 1.64 bits per heavy atom. The van der Waals surface area contributed by atoms with Gasteiger partial charge in [-0.15, -0.1) is 0 Å². The van der Waals surface area contributed by atoms with Crippen molar-refractivity contribution in [1.82, 2.24) is 14.5 Å². The predicted molar refractivity (Wildman–Crippen MR) is 160 cm³/mol. The minimum absolute atomic E-state index is 0.0778. The first kappa shape index (κ1) is 33.5. The van der Waals surface area contributed by atoms with Crippen molar-refractivity contribution in [2.75, 3.05) is 32.1 Å². The zero-order chi connectivity index (χ0) is 32.9. The highest BCUT2D eigenvalue weighted by atomic mass is 32.2. The molecule has 14 heteroatoms. The highest BCUT2D eigenvalue weighted by Crippen LogP contribution is 2.31. The number of methoxy groups -OCH3 is 1. The number of piperazine rings is 1. The lowest BCUT2D eigenvalue weighted by Crippen LogP contribution is -2.61. The summed E-state index contributed by atoms with van der Waals surface area (Å²) in [7, 11) is -3.23. The van der Waals surface area contributed by atoms with Crippen molar-refractivity contribution in [1.29, 1.82) is 0 Å². The Balaban J connectivity index is 1.57. The number of amides is 3. The van der Waals surface area contributed by atoms with Gasteiger partial charge in [0.2, 0.25) is 15.9 Å². The number of hydrogen-bond acceptors (Lipinski definition) is 6. The molecule has 0 aliphatic carbocycles. The lowest BCUT2D eigenvalue weighted by Gasteiger charge is -2.39. The third-order valence-corrected chi connectivity index (χ3v) is 9.28. The molecule has 4 rings (SSSR count). The quantitative estimate of drug-likeness (QED) is 0.338. The lowest BCUT2D eigenvalue weighted by molar-refractivity contribution is -0.137. The summed E-state index contributed by atoms with van der Waals surface area (Å²) in [6, 6.07) is 14.5. The van der Waals surface area contributed by atoms with Crippen molar-refractivity contribution < 1.29 is 40.7 Å². The van der Waals surface area contributed by atoms with E-state index < -0.39 is 50.6 Å². The Morgan fingerprint density at radius 3 is 2.24 bits per heavy atom. The number of rotatable bonds is 8. The van der Waals surface area contributed by atoms with Crippen LogP contribution < -0.4 is 10.6 Å². The number of hydrogen-bond donors (Lipinski definition) is 2. The molecule has 3 aromatic rings. The van der Waals surface area contributed by atoms with Crippen LogP contribution in [0, 0.1) is 0 Å². The zero-order valence-corrected chi connectivity index (χ0v) is 25.6. The molecule has 2 N–H and O–H groups in total. The first-order chi connectivity index (χ1) is 21.2. The van der Waals surface area contributed by atoms with Crippen LogP contribution in [0.1, 0.15) is 46.8 Å². The highest BCUT2D eigenvalue weighted by Gasteiger charge is 2.42. The molecule has 0 radical (unpaired) electrons. The number of anilines is 1. The fourth-order valence-corrected chi connectivity index (χ4v) is 6.35. The summed E-state index contributed by atoms with van der Waals surface area (Å²) in [5.74, 6) is -0.993. The van der Waals surface area contributed by atoms with E-state index in [9.17, 15) is 36.0 Å². The van der Waals surface area contributed by atoms with Gasteiger partial charge in [0, 0.05) is 31.9 Å². The standard InChI is InChI=1S/C31H33F3N4O6S/c1-20(2)22-9-7-21(8-10-22)18-35-28(39)27-19-37(30(41)36-25-6-4-5-23(17-25)29(40)44-3)15-16-38(27)45(42,43)26-13-11-24(12-14-26)31(32,33)34/h4-14,17,20,27H,15-16,18-19H2,1-3H3,(H,35,39)(H,36,41). The fourth-order valence-electron chi connectivity index (χ4n) is 4.78. The Labute approximate surface area is 259 Å².